The molecular formula is C15H20N2O4. The molecule has 0 aliphatic heterocycles. The van der Waals surface area contributed by atoms with E-state index in [1.165, 1.54) is 17.7 Å². The van der Waals surface area contributed by atoms with Crippen molar-refractivity contribution in [1.29, 1.82) is 0 Å². The average molecular weight is 292 g/mol. The minimum atomic E-state index is -0.790. The second kappa shape index (κ2) is 8.04. The molecular weight excluding hydrogens is 272 g/mol. The molecule has 114 valence electrons. The number of hydrogen-bond acceptors (Lipinski definition) is 4. The van der Waals surface area contributed by atoms with Gasteiger partial charge in [0.05, 0.1) is 5.35 Å². The van der Waals surface area contributed by atoms with Gasteiger partial charge in [-0.2, -0.15) is 0 Å². The molecule has 0 fully saturated rings. The third-order valence-electron chi connectivity index (χ3n) is 2.99. The predicted octanol–water partition coefficient (Wildman–Crippen LogP) is -0.135. The molecule has 1 unspecified atom stereocenters. The summed E-state index contributed by atoms with van der Waals surface area (Å²) >= 11 is 0. The first kappa shape index (κ1) is 16.7. The van der Waals surface area contributed by atoms with Gasteiger partial charge >= 0.3 is 5.76 Å². The maximum Gasteiger partial charge on any atom is 0.420 e. The van der Waals surface area contributed by atoms with Crippen LogP contribution in [0.25, 0.3) is 12.2 Å². The smallest absolute Gasteiger partial charge is 0.408 e. The zero-order valence-electron chi connectivity index (χ0n) is 12.3. The van der Waals surface area contributed by atoms with Crippen molar-refractivity contribution in [3.63, 3.8) is 0 Å². The van der Waals surface area contributed by atoms with Crippen LogP contribution >= 0.6 is 0 Å². The van der Waals surface area contributed by atoms with Gasteiger partial charge in [0.2, 0.25) is 5.91 Å². The highest BCUT2D eigenvalue weighted by atomic mass is 16.4. The number of carbonyl (C=O) groups is 2. The Hall–Kier alpha value is -2.37. The van der Waals surface area contributed by atoms with E-state index in [9.17, 15) is 14.4 Å². The molecule has 6 heteroatoms. The molecule has 0 saturated carbocycles. The SMILES string of the molecule is C=C/C=c1\c(=C/CC)oc(=O)n1C(CCC=O)C(=O)NC. The third-order valence-corrected chi connectivity index (χ3v) is 2.99. The molecule has 1 heterocycles. The van der Waals surface area contributed by atoms with Crippen molar-refractivity contribution in [2.45, 2.75) is 32.2 Å². The number of amides is 1. The van der Waals surface area contributed by atoms with E-state index in [1.54, 1.807) is 12.2 Å². The Morgan fingerprint density at radius 2 is 2.24 bits per heavy atom. The predicted molar refractivity (Wildman–Crippen MR) is 80.0 cm³/mol. The fourth-order valence-corrected chi connectivity index (χ4v) is 2.08. The summed E-state index contributed by atoms with van der Waals surface area (Å²) in [6, 6.07) is -0.790. The number of rotatable bonds is 7. The molecule has 0 aromatic carbocycles. The van der Waals surface area contributed by atoms with E-state index in [0.717, 1.165) is 6.29 Å². The van der Waals surface area contributed by atoms with Crippen LogP contribution in [0.4, 0.5) is 0 Å². The van der Waals surface area contributed by atoms with E-state index in [4.69, 9.17) is 4.42 Å². The lowest BCUT2D eigenvalue weighted by Gasteiger charge is -2.14. The van der Waals surface area contributed by atoms with Gasteiger partial charge in [0.1, 0.15) is 12.3 Å². The highest BCUT2D eigenvalue weighted by Gasteiger charge is 2.23. The van der Waals surface area contributed by atoms with Crippen LogP contribution in [0.5, 0.6) is 0 Å². The van der Waals surface area contributed by atoms with E-state index < -0.39 is 11.8 Å². The van der Waals surface area contributed by atoms with Gasteiger partial charge in [-0.15, -0.1) is 0 Å². The second-order valence-corrected chi connectivity index (χ2v) is 4.38. The van der Waals surface area contributed by atoms with Crippen LogP contribution in [0.15, 0.2) is 21.9 Å². The molecule has 1 aromatic rings. The van der Waals surface area contributed by atoms with Gasteiger partial charge < -0.3 is 14.5 Å². The molecule has 1 atom stereocenters. The van der Waals surface area contributed by atoms with Crippen molar-refractivity contribution in [3.05, 3.63) is 34.0 Å². The van der Waals surface area contributed by atoms with Crippen LogP contribution in [0.2, 0.25) is 0 Å². The number of likely N-dealkylation sites (N-methyl/N-ethyl adjacent to an activating group) is 1. The Kier molecular flexibility index (Phi) is 6.39. The summed E-state index contributed by atoms with van der Waals surface area (Å²) in [5, 5.41) is 2.99. The number of aldehydes is 1. The van der Waals surface area contributed by atoms with Gasteiger partial charge in [-0.05, 0) is 25.0 Å². The highest BCUT2D eigenvalue weighted by molar-refractivity contribution is 5.80. The molecule has 1 amide bonds. The number of nitrogens with zero attached hydrogens (tertiary/aromatic N) is 1. The van der Waals surface area contributed by atoms with Gasteiger partial charge in [-0.3, -0.25) is 9.36 Å². The third kappa shape index (κ3) is 3.81. The standard InChI is InChI=1S/C15H20N2O4/c1-4-7-11-13(8-5-2)21-15(20)17(11)12(9-6-10-18)14(19)16-3/h4,7-8,10,12H,1,5-6,9H2,2-3H3,(H,16,19)/b11-7+,13-8+. The Morgan fingerprint density at radius 1 is 1.52 bits per heavy atom. The summed E-state index contributed by atoms with van der Waals surface area (Å²) in [4.78, 5) is 34.7. The number of nitrogens with one attached hydrogen (secondary N) is 1. The summed E-state index contributed by atoms with van der Waals surface area (Å²) in [7, 11) is 1.48. The van der Waals surface area contributed by atoms with E-state index in [2.05, 4.69) is 11.9 Å². The molecule has 0 bridgehead atoms. The van der Waals surface area contributed by atoms with Crippen molar-refractivity contribution in [2.75, 3.05) is 7.05 Å². The first-order chi connectivity index (χ1) is 10.1. The fourth-order valence-electron chi connectivity index (χ4n) is 2.08. The monoisotopic (exact) mass is 292 g/mol. The maximum absolute atomic E-state index is 12.1. The fraction of sp³-hybridized carbons (Fsp3) is 0.400. The molecule has 1 rings (SSSR count). The van der Waals surface area contributed by atoms with E-state index in [0.29, 0.717) is 17.2 Å². The van der Waals surface area contributed by atoms with Crippen LogP contribution in [-0.2, 0) is 9.59 Å². The number of allylic oxidation sites excluding steroid dienone is 1. The van der Waals surface area contributed by atoms with Crippen LogP contribution in [0.1, 0.15) is 32.2 Å². The summed E-state index contributed by atoms with van der Waals surface area (Å²) in [6.45, 7) is 5.53. The van der Waals surface area contributed by atoms with E-state index in [-0.39, 0.29) is 18.7 Å². The van der Waals surface area contributed by atoms with Gasteiger partial charge in [-0.1, -0.05) is 19.6 Å². The van der Waals surface area contributed by atoms with Crippen molar-refractivity contribution in [3.8, 4) is 0 Å². The minimum Gasteiger partial charge on any atom is -0.408 e. The summed E-state index contributed by atoms with van der Waals surface area (Å²) in [5.74, 6) is -0.969. The topological polar surface area (TPSA) is 81.3 Å². The Balaban J connectivity index is 3.57. The average Bonchev–Trinajstić information content (AvgIpc) is 2.77. The highest BCUT2D eigenvalue weighted by Crippen LogP contribution is 2.08. The Morgan fingerprint density at radius 3 is 2.76 bits per heavy atom. The number of carbonyl (C=O) groups excluding carboxylic acids is 2. The van der Waals surface area contributed by atoms with Crippen molar-refractivity contribution in [1.82, 2.24) is 9.88 Å². The number of oxazole rings is 1. The molecule has 0 radical (unpaired) electrons. The number of hydrogen-bond donors (Lipinski definition) is 1. The maximum atomic E-state index is 12.1. The van der Waals surface area contributed by atoms with Crippen molar-refractivity contribution < 1.29 is 14.0 Å². The zero-order valence-corrected chi connectivity index (χ0v) is 12.3. The van der Waals surface area contributed by atoms with Crippen LogP contribution in [-0.4, -0.2) is 23.8 Å². The molecule has 1 N–H and O–H groups in total. The molecule has 0 aliphatic carbocycles. The van der Waals surface area contributed by atoms with E-state index >= 15 is 0 Å². The quantitative estimate of drug-likeness (QED) is 0.710. The lowest BCUT2D eigenvalue weighted by atomic mass is 10.1. The lowest BCUT2D eigenvalue weighted by Crippen LogP contribution is -2.41. The van der Waals surface area contributed by atoms with E-state index in [1.807, 2.05) is 6.92 Å². The largest absolute Gasteiger partial charge is 0.420 e. The first-order valence-corrected chi connectivity index (χ1v) is 6.80. The summed E-state index contributed by atoms with van der Waals surface area (Å²) in [6.07, 6.45) is 6.70. The van der Waals surface area contributed by atoms with Gasteiger partial charge in [0.15, 0.2) is 5.42 Å². The van der Waals surface area contributed by atoms with Crippen LogP contribution in [0, 0.1) is 0 Å². The Labute approximate surface area is 122 Å². The second-order valence-electron chi connectivity index (χ2n) is 4.38. The summed E-state index contributed by atoms with van der Waals surface area (Å²) < 4.78 is 6.47. The summed E-state index contributed by atoms with van der Waals surface area (Å²) in [5.41, 5.74) is 0.405. The van der Waals surface area contributed by atoms with Gasteiger partial charge in [-0.25, -0.2) is 4.79 Å². The first-order valence-electron chi connectivity index (χ1n) is 6.80. The van der Waals surface area contributed by atoms with Crippen molar-refractivity contribution in [2.24, 2.45) is 0 Å². The minimum absolute atomic E-state index is 0.177. The normalized spacial score (nSPS) is 14.0. The molecule has 21 heavy (non-hydrogen) atoms. The van der Waals surface area contributed by atoms with Gasteiger partial charge in [0, 0.05) is 13.5 Å². The Bertz CT molecular complexity index is 682. The van der Waals surface area contributed by atoms with Gasteiger partial charge in [0.25, 0.3) is 0 Å². The number of aromatic nitrogens is 1. The molecule has 0 aliphatic rings. The lowest BCUT2D eigenvalue weighted by molar-refractivity contribution is -0.124. The van der Waals surface area contributed by atoms with Crippen molar-refractivity contribution >= 4 is 24.3 Å². The van der Waals surface area contributed by atoms with Crippen LogP contribution < -0.4 is 21.8 Å². The molecule has 6 nitrogen and oxygen atoms in total. The molecule has 1 aromatic heterocycles. The molecule has 0 spiro atoms. The van der Waals surface area contributed by atoms with Crippen LogP contribution in [0.3, 0.4) is 0 Å². The zero-order chi connectivity index (χ0) is 15.8. The molecule has 0 saturated heterocycles.